The maximum Gasteiger partial charge on any atom is 0.196 e. The lowest BCUT2D eigenvalue weighted by molar-refractivity contribution is 0.104. The lowest BCUT2D eigenvalue weighted by Crippen LogP contribution is -2.01. The first kappa shape index (κ1) is 15.9. The summed E-state index contributed by atoms with van der Waals surface area (Å²) in [6.07, 6.45) is 3.46. The molecule has 4 aromatic rings. The molecule has 122 valence electrons. The van der Waals surface area contributed by atoms with E-state index in [2.05, 4.69) is 9.97 Å². The van der Waals surface area contributed by atoms with Crippen molar-refractivity contribution in [3.05, 3.63) is 88.2 Å². The van der Waals surface area contributed by atoms with Gasteiger partial charge in [0.1, 0.15) is 5.65 Å². The van der Waals surface area contributed by atoms with Crippen LogP contribution in [0.3, 0.4) is 0 Å². The fourth-order valence-corrected chi connectivity index (χ4v) is 3.29. The van der Waals surface area contributed by atoms with Crippen molar-refractivity contribution in [1.29, 1.82) is 0 Å². The first-order valence-corrected chi connectivity index (χ1v) is 8.41. The predicted octanol–water partition coefficient (Wildman–Crippen LogP) is 5.77. The summed E-state index contributed by atoms with van der Waals surface area (Å²) in [5, 5.41) is 1.59. The van der Waals surface area contributed by atoms with Crippen LogP contribution in [0.5, 0.6) is 0 Å². The van der Waals surface area contributed by atoms with Gasteiger partial charge in [0.15, 0.2) is 5.78 Å². The van der Waals surface area contributed by atoms with E-state index in [-0.39, 0.29) is 5.78 Å². The van der Waals surface area contributed by atoms with E-state index in [9.17, 15) is 4.79 Å². The molecule has 0 bridgehead atoms. The van der Waals surface area contributed by atoms with Crippen molar-refractivity contribution >= 4 is 40.0 Å². The Morgan fingerprint density at radius 3 is 2.48 bits per heavy atom. The number of pyridine rings is 1. The van der Waals surface area contributed by atoms with Crippen molar-refractivity contribution in [3.8, 4) is 11.1 Å². The van der Waals surface area contributed by atoms with Crippen LogP contribution in [0.15, 0.2) is 67.0 Å². The molecule has 0 spiro atoms. The van der Waals surface area contributed by atoms with Crippen molar-refractivity contribution in [2.24, 2.45) is 0 Å². The second-order valence-electron chi connectivity index (χ2n) is 5.64. The van der Waals surface area contributed by atoms with E-state index in [4.69, 9.17) is 23.2 Å². The minimum atomic E-state index is -0.167. The highest BCUT2D eigenvalue weighted by Gasteiger charge is 2.18. The van der Waals surface area contributed by atoms with Crippen molar-refractivity contribution in [3.63, 3.8) is 0 Å². The van der Waals surface area contributed by atoms with Crippen LogP contribution in [0.2, 0.25) is 10.0 Å². The van der Waals surface area contributed by atoms with Crippen molar-refractivity contribution in [2.45, 2.75) is 0 Å². The third kappa shape index (κ3) is 2.93. The predicted molar refractivity (Wildman–Crippen MR) is 101 cm³/mol. The third-order valence-corrected chi connectivity index (χ3v) is 4.61. The molecule has 0 aliphatic rings. The molecule has 5 heteroatoms. The van der Waals surface area contributed by atoms with Gasteiger partial charge in [-0.1, -0.05) is 53.5 Å². The molecule has 0 fully saturated rings. The monoisotopic (exact) mass is 366 g/mol. The van der Waals surface area contributed by atoms with Gasteiger partial charge in [-0.15, -0.1) is 0 Å². The van der Waals surface area contributed by atoms with Gasteiger partial charge in [0, 0.05) is 39.5 Å². The zero-order valence-corrected chi connectivity index (χ0v) is 14.5. The largest absolute Gasteiger partial charge is 0.345 e. The molecular weight excluding hydrogens is 355 g/mol. The van der Waals surface area contributed by atoms with Gasteiger partial charge in [0.05, 0.1) is 5.02 Å². The van der Waals surface area contributed by atoms with Crippen molar-refractivity contribution in [2.75, 3.05) is 0 Å². The van der Waals surface area contributed by atoms with Crippen LogP contribution in [0, 0.1) is 0 Å². The summed E-state index contributed by atoms with van der Waals surface area (Å²) in [4.78, 5) is 20.4. The number of rotatable bonds is 3. The van der Waals surface area contributed by atoms with Gasteiger partial charge in [-0.05, 0) is 29.8 Å². The third-order valence-electron chi connectivity index (χ3n) is 4.06. The van der Waals surface area contributed by atoms with E-state index in [1.54, 1.807) is 30.6 Å². The molecular formula is C20H12Cl2N2O. The van der Waals surface area contributed by atoms with Crippen molar-refractivity contribution in [1.82, 2.24) is 9.97 Å². The zero-order valence-electron chi connectivity index (χ0n) is 13.0. The van der Waals surface area contributed by atoms with Gasteiger partial charge >= 0.3 is 0 Å². The molecule has 3 nitrogen and oxygen atoms in total. The van der Waals surface area contributed by atoms with Gasteiger partial charge in [0.2, 0.25) is 0 Å². The smallest absolute Gasteiger partial charge is 0.196 e. The number of ketones is 1. The fraction of sp³-hybridized carbons (Fsp3) is 0. The molecule has 2 aromatic heterocycles. The molecule has 0 aliphatic carbocycles. The molecule has 0 saturated carbocycles. The molecule has 0 saturated heterocycles. The molecule has 0 radical (unpaired) electrons. The number of carbonyl (C=O) groups excluding carboxylic acids is 1. The van der Waals surface area contributed by atoms with Crippen LogP contribution >= 0.6 is 23.2 Å². The Bertz CT molecular complexity index is 1090. The second-order valence-corrected chi connectivity index (χ2v) is 6.49. The highest BCUT2D eigenvalue weighted by Crippen LogP contribution is 2.28. The summed E-state index contributed by atoms with van der Waals surface area (Å²) < 4.78 is 0. The molecule has 2 heterocycles. The Kier molecular flexibility index (Phi) is 4.04. The summed E-state index contributed by atoms with van der Waals surface area (Å²) >= 11 is 12.1. The summed E-state index contributed by atoms with van der Waals surface area (Å²) in [6.45, 7) is 0. The summed E-state index contributed by atoms with van der Waals surface area (Å²) in [7, 11) is 0. The van der Waals surface area contributed by atoms with Gasteiger partial charge < -0.3 is 4.98 Å². The lowest BCUT2D eigenvalue weighted by atomic mass is 10.0. The number of hydrogen-bond acceptors (Lipinski definition) is 2. The molecule has 0 amide bonds. The maximum absolute atomic E-state index is 12.9. The molecule has 1 N–H and O–H groups in total. The first-order chi connectivity index (χ1) is 12.1. The van der Waals surface area contributed by atoms with Gasteiger partial charge in [-0.2, -0.15) is 0 Å². The van der Waals surface area contributed by atoms with Crippen LogP contribution in [-0.4, -0.2) is 15.8 Å². The highest BCUT2D eigenvalue weighted by atomic mass is 35.5. The minimum Gasteiger partial charge on any atom is -0.345 e. The number of nitrogens with zero attached hydrogens (tertiary/aromatic N) is 1. The Morgan fingerprint density at radius 2 is 1.72 bits per heavy atom. The van der Waals surface area contributed by atoms with Gasteiger partial charge in [-0.25, -0.2) is 4.98 Å². The normalized spacial score (nSPS) is 11.0. The van der Waals surface area contributed by atoms with Gasteiger partial charge in [0.25, 0.3) is 0 Å². The fourth-order valence-electron chi connectivity index (χ4n) is 2.80. The first-order valence-electron chi connectivity index (χ1n) is 7.66. The topological polar surface area (TPSA) is 45.8 Å². The average molecular weight is 367 g/mol. The molecule has 0 atom stereocenters. The van der Waals surface area contributed by atoms with E-state index in [1.165, 1.54) is 0 Å². The number of carbonyl (C=O) groups is 1. The van der Waals surface area contributed by atoms with Gasteiger partial charge in [-0.3, -0.25) is 4.79 Å². The maximum atomic E-state index is 12.9. The average Bonchev–Trinajstić information content (AvgIpc) is 3.05. The number of nitrogens with one attached hydrogen (secondary N) is 1. The summed E-state index contributed by atoms with van der Waals surface area (Å²) in [5.74, 6) is -0.167. The van der Waals surface area contributed by atoms with Crippen LogP contribution in [0.25, 0.3) is 22.2 Å². The number of H-pyrrole nitrogens is 1. The SMILES string of the molecule is O=C(c1ccc(Cl)cc1Cl)c1c[nH]c2ncc(-c3ccccc3)cc12. The Balaban J connectivity index is 1.83. The second kappa shape index (κ2) is 6.36. The molecule has 2 aromatic carbocycles. The van der Waals surface area contributed by atoms with E-state index in [0.29, 0.717) is 26.8 Å². The standard InChI is InChI=1S/C20H12Cl2N2O/c21-14-6-7-15(18(22)9-14)19(25)17-11-24-20-16(17)8-13(10-23-20)12-4-2-1-3-5-12/h1-11H,(H,23,24). The van der Waals surface area contributed by atoms with Crippen LogP contribution in [-0.2, 0) is 0 Å². The Hall–Kier alpha value is -2.62. The van der Waals surface area contributed by atoms with Crippen LogP contribution in [0.1, 0.15) is 15.9 Å². The number of hydrogen-bond donors (Lipinski definition) is 1. The van der Waals surface area contributed by atoms with E-state index < -0.39 is 0 Å². The zero-order chi connectivity index (χ0) is 17.4. The van der Waals surface area contributed by atoms with Crippen molar-refractivity contribution < 1.29 is 4.79 Å². The number of aromatic amines is 1. The lowest BCUT2D eigenvalue weighted by Gasteiger charge is -2.05. The Morgan fingerprint density at radius 1 is 0.920 bits per heavy atom. The van der Waals surface area contributed by atoms with E-state index in [0.717, 1.165) is 16.5 Å². The highest BCUT2D eigenvalue weighted by molar-refractivity contribution is 6.38. The molecule has 0 aliphatic heterocycles. The minimum absolute atomic E-state index is 0.167. The number of halogens is 2. The summed E-state index contributed by atoms with van der Waals surface area (Å²) in [6, 6.07) is 16.7. The summed E-state index contributed by atoms with van der Waals surface area (Å²) in [5.41, 5.74) is 3.60. The number of aromatic nitrogens is 2. The number of fused-ring (bicyclic) bond motifs is 1. The molecule has 4 rings (SSSR count). The van der Waals surface area contributed by atoms with Crippen LogP contribution in [0.4, 0.5) is 0 Å². The van der Waals surface area contributed by atoms with E-state index in [1.807, 2.05) is 36.4 Å². The van der Waals surface area contributed by atoms with Crippen LogP contribution < -0.4 is 0 Å². The number of benzene rings is 2. The Labute approximate surface area is 154 Å². The quantitative estimate of drug-likeness (QED) is 0.468. The van der Waals surface area contributed by atoms with E-state index >= 15 is 0 Å². The molecule has 25 heavy (non-hydrogen) atoms. The molecule has 0 unspecified atom stereocenters.